The fraction of sp³-hybridized carbons (Fsp3) is 0.424. The van der Waals surface area contributed by atoms with Crippen LogP contribution in [0.1, 0.15) is 37.3 Å². The lowest BCUT2D eigenvalue weighted by molar-refractivity contribution is -0.137. The van der Waals surface area contributed by atoms with Gasteiger partial charge in [-0.2, -0.15) is 28.4 Å². The molecule has 7 rings (SSSR count). The molecule has 5 heterocycles. The second-order valence-electron chi connectivity index (χ2n) is 13.1. The number of hydrogen-bond donors (Lipinski definition) is 2. The molecule has 8 nitrogen and oxygen atoms in total. The largest absolute Gasteiger partial charge is 0.462 e. The summed E-state index contributed by atoms with van der Waals surface area (Å²) in [6, 6.07) is 4.59. The normalized spacial score (nSPS) is 24.1. The summed E-state index contributed by atoms with van der Waals surface area (Å²) in [6.45, 7) is 3.63. The number of anilines is 2. The van der Waals surface area contributed by atoms with Crippen LogP contribution in [0.4, 0.5) is 37.2 Å². The molecule has 0 spiro atoms. The topological polar surface area (TPSA) is 103 Å². The van der Waals surface area contributed by atoms with Crippen molar-refractivity contribution in [2.45, 2.75) is 44.4 Å². The number of nitrogens with zero attached hydrogens (tertiary/aromatic N) is 5. The van der Waals surface area contributed by atoms with Gasteiger partial charge in [-0.3, -0.25) is 0 Å². The third-order valence-electron chi connectivity index (χ3n) is 9.71. The Balaban J connectivity index is 1.47. The zero-order valence-electron chi connectivity index (χ0n) is 26.0. The van der Waals surface area contributed by atoms with Crippen LogP contribution in [0.15, 0.2) is 30.1 Å². The van der Waals surface area contributed by atoms with Crippen molar-refractivity contribution in [1.29, 1.82) is 5.26 Å². The minimum atomic E-state index is -5.14. The van der Waals surface area contributed by atoms with E-state index in [9.17, 15) is 22.8 Å². The number of ether oxygens (including phenoxy) is 1. The first-order valence-electron chi connectivity index (χ1n) is 15.5. The molecule has 3 saturated heterocycles. The van der Waals surface area contributed by atoms with Crippen LogP contribution in [0.3, 0.4) is 0 Å². The minimum absolute atomic E-state index is 0.0358. The highest BCUT2D eigenvalue weighted by molar-refractivity contribution is 7.23. The number of benzene rings is 2. The first kappa shape index (κ1) is 32.4. The highest BCUT2D eigenvalue weighted by atomic mass is 32.1. The van der Waals surface area contributed by atoms with Crippen LogP contribution in [-0.4, -0.2) is 66.8 Å². The van der Waals surface area contributed by atoms with Crippen molar-refractivity contribution in [2.75, 3.05) is 50.5 Å². The van der Waals surface area contributed by atoms with Crippen LogP contribution in [-0.2, 0) is 6.18 Å². The molecule has 0 unspecified atom stereocenters. The number of nitrogen functional groups attached to an aromatic ring is 1. The molecule has 0 saturated carbocycles. The summed E-state index contributed by atoms with van der Waals surface area (Å²) in [7, 11) is 1.89. The van der Waals surface area contributed by atoms with Crippen molar-refractivity contribution in [2.24, 2.45) is 5.41 Å². The number of thiophene rings is 1. The number of alkyl halides is 3. The lowest BCUT2D eigenvalue weighted by Crippen LogP contribution is -2.51. The number of piperidine rings is 1. The van der Waals surface area contributed by atoms with Gasteiger partial charge in [-0.05, 0) is 50.1 Å². The molecule has 48 heavy (non-hydrogen) atoms. The Labute approximate surface area is 275 Å². The van der Waals surface area contributed by atoms with E-state index in [1.54, 1.807) is 4.90 Å². The Morgan fingerprint density at radius 2 is 1.92 bits per heavy atom. The molecular weight excluding hydrogens is 656 g/mol. The maximum Gasteiger partial charge on any atom is 0.417 e. The van der Waals surface area contributed by atoms with E-state index < -0.39 is 45.4 Å². The van der Waals surface area contributed by atoms with Crippen molar-refractivity contribution in [3.8, 4) is 23.2 Å². The van der Waals surface area contributed by atoms with E-state index in [0.29, 0.717) is 44.5 Å². The monoisotopic (exact) mass is 687 g/mol. The number of likely N-dealkylation sites (tertiary alicyclic amines) is 1. The first-order valence-corrected chi connectivity index (χ1v) is 16.3. The molecule has 3 atom stereocenters. The lowest BCUT2D eigenvalue weighted by atomic mass is 9.78. The Morgan fingerprint density at radius 3 is 2.58 bits per heavy atom. The van der Waals surface area contributed by atoms with Crippen molar-refractivity contribution >= 4 is 43.1 Å². The summed E-state index contributed by atoms with van der Waals surface area (Å²) < 4.78 is 97.7. The van der Waals surface area contributed by atoms with Crippen LogP contribution < -0.4 is 20.7 Å². The van der Waals surface area contributed by atoms with Crippen LogP contribution in [0, 0.1) is 28.4 Å². The third kappa shape index (κ3) is 5.39. The van der Waals surface area contributed by atoms with Crippen molar-refractivity contribution in [3.05, 3.63) is 52.9 Å². The Bertz CT molecular complexity index is 2010. The third-order valence-corrected chi connectivity index (χ3v) is 10.7. The Morgan fingerprint density at radius 1 is 1.19 bits per heavy atom. The van der Waals surface area contributed by atoms with E-state index in [0.717, 1.165) is 36.3 Å². The second kappa shape index (κ2) is 11.8. The highest BCUT2D eigenvalue weighted by Gasteiger charge is 2.41. The average Bonchev–Trinajstić information content (AvgIpc) is 3.55. The summed E-state index contributed by atoms with van der Waals surface area (Å²) in [5.74, 6) is -2.56. The zero-order valence-corrected chi connectivity index (χ0v) is 26.8. The standard InChI is InChI=1S/C33H31F6N7OS/c1-32(14-45(2)8-7-16(32)10-34)15-47-31-43-28-19(30(44-31)46-12-17-3-4-18(13-46)42-17)9-21(33(37,38)39)25(27(28)36)26-22(35)5-6-23-24(26)20(11-40)29(41)48-23/h5-6,9-10,17-18,42H,3-4,7-8,12-15,41H2,1-2H3/b16-10+/t17-,18+,32-/m0/s1. The maximum atomic E-state index is 17.0. The number of aromatic nitrogens is 2. The van der Waals surface area contributed by atoms with Crippen molar-refractivity contribution in [3.63, 3.8) is 0 Å². The number of halogens is 6. The molecule has 252 valence electrons. The summed E-state index contributed by atoms with van der Waals surface area (Å²) in [5, 5.41) is 12.8. The van der Waals surface area contributed by atoms with Gasteiger partial charge in [-0.25, -0.2) is 13.2 Å². The molecule has 3 N–H and O–H groups in total. The summed E-state index contributed by atoms with van der Waals surface area (Å²) >= 11 is 0.887. The van der Waals surface area contributed by atoms with E-state index in [1.807, 2.05) is 24.9 Å². The van der Waals surface area contributed by atoms with Gasteiger partial charge in [0.2, 0.25) is 0 Å². The number of nitrogens with two attached hydrogens (primary N) is 1. The van der Waals surface area contributed by atoms with Crippen LogP contribution in [0.2, 0.25) is 0 Å². The highest BCUT2D eigenvalue weighted by Crippen LogP contribution is 2.48. The van der Waals surface area contributed by atoms with Gasteiger partial charge in [0.25, 0.3) is 0 Å². The van der Waals surface area contributed by atoms with E-state index >= 15 is 8.78 Å². The summed E-state index contributed by atoms with van der Waals surface area (Å²) in [4.78, 5) is 12.6. The number of nitrogens with one attached hydrogen (secondary N) is 1. The van der Waals surface area contributed by atoms with E-state index in [4.69, 9.17) is 10.5 Å². The van der Waals surface area contributed by atoms with Crippen LogP contribution in [0.5, 0.6) is 6.01 Å². The summed E-state index contributed by atoms with van der Waals surface area (Å²) in [6.07, 6.45) is -2.39. The molecular formula is C33H31F6N7OS. The minimum Gasteiger partial charge on any atom is -0.462 e. The van der Waals surface area contributed by atoms with E-state index in [1.165, 1.54) is 6.07 Å². The average molecular weight is 688 g/mol. The maximum absolute atomic E-state index is 17.0. The molecule has 2 aromatic carbocycles. The Hall–Kier alpha value is -4.13. The number of piperazine rings is 1. The van der Waals surface area contributed by atoms with E-state index in [-0.39, 0.29) is 56.6 Å². The van der Waals surface area contributed by atoms with Gasteiger partial charge in [0.1, 0.15) is 34.8 Å². The molecule has 0 radical (unpaired) electrons. The quantitative estimate of drug-likeness (QED) is 0.222. The molecule has 3 aliphatic rings. The molecule has 2 bridgehead atoms. The van der Waals surface area contributed by atoms with Gasteiger partial charge in [-0.15, -0.1) is 11.3 Å². The van der Waals surface area contributed by atoms with Crippen LogP contribution in [0.25, 0.3) is 32.1 Å². The van der Waals surface area contributed by atoms with Gasteiger partial charge in [0.15, 0.2) is 5.82 Å². The molecule has 0 aliphatic carbocycles. The lowest BCUT2D eigenvalue weighted by Gasteiger charge is -2.40. The van der Waals surface area contributed by atoms with Crippen molar-refractivity contribution < 1.29 is 31.1 Å². The van der Waals surface area contributed by atoms with Gasteiger partial charge in [-0.1, -0.05) is 6.92 Å². The number of nitriles is 1. The predicted molar refractivity (Wildman–Crippen MR) is 171 cm³/mol. The van der Waals surface area contributed by atoms with Gasteiger partial charge in [0.05, 0.1) is 17.5 Å². The van der Waals surface area contributed by atoms with Gasteiger partial charge < -0.3 is 25.6 Å². The smallest absolute Gasteiger partial charge is 0.417 e. The molecule has 3 fully saturated rings. The van der Waals surface area contributed by atoms with Crippen molar-refractivity contribution in [1.82, 2.24) is 20.2 Å². The fourth-order valence-corrected chi connectivity index (χ4v) is 8.34. The van der Waals surface area contributed by atoms with E-state index in [2.05, 4.69) is 15.3 Å². The zero-order chi connectivity index (χ0) is 34.1. The number of hydrogen-bond acceptors (Lipinski definition) is 9. The Kier molecular flexibility index (Phi) is 7.96. The van der Waals surface area contributed by atoms with Gasteiger partial charge in [0, 0.05) is 70.3 Å². The fourth-order valence-electron chi connectivity index (χ4n) is 7.41. The second-order valence-corrected chi connectivity index (χ2v) is 14.2. The number of rotatable bonds is 5. The molecule has 0 amide bonds. The number of fused-ring (bicyclic) bond motifs is 4. The first-order chi connectivity index (χ1) is 22.8. The molecule has 3 aliphatic heterocycles. The SMILES string of the molecule is CN1CC/C(=C\F)[C@](C)(COc2nc(N3C[C@H]4CC[C@@H](C3)N4)c3cc(C(F)(F)F)c(-c4c(F)ccc5sc(N)c(C#N)c45)c(F)c3n2)C1. The molecule has 2 aromatic heterocycles. The summed E-state index contributed by atoms with van der Waals surface area (Å²) in [5.41, 5.74) is 1.69. The van der Waals surface area contributed by atoms with Gasteiger partial charge >= 0.3 is 12.2 Å². The molecule has 15 heteroatoms. The predicted octanol–water partition coefficient (Wildman–Crippen LogP) is 6.78. The molecule has 4 aromatic rings. The van der Waals surface area contributed by atoms with Crippen LogP contribution >= 0.6 is 11.3 Å².